The largest absolute Gasteiger partial charge is 0.379 e. The number of ether oxygens (including phenoxy) is 1. The van der Waals surface area contributed by atoms with Crippen LogP contribution in [0.15, 0.2) is 39.3 Å². The first-order valence-corrected chi connectivity index (χ1v) is 11.6. The first kappa shape index (κ1) is 20.7. The number of sulfonamides is 1. The van der Waals surface area contributed by atoms with Crippen molar-refractivity contribution in [2.75, 3.05) is 31.6 Å². The van der Waals surface area contributed by atoms with Gasteiger partial charge in [0.25, 0.3) is 11.5 Å². The SMILES string of the molecule is Cc1nc2scc(C)n2c(=O)c1NC(=O)c1ccc(S(=O)(=O)N2CCOCC2)cc1. The minimum Gasteiger partial charge on any atom is -0.379 e. The van der Waals surface area contributed by atoms with Crippen LogP contribution in [0.2, 0.25) is 0 Å². The van der Waals surface area contributed by atoms with Crippen molar-refractivity contribution in [2.24, 2.45) is 0 Å². The minimum atomic E-state index is -3.64. The lowest BCUT2D eigenvalue weighted by Crippen LogP contribution is -2.40. The summed E-state index contributed by atoms with van der Waals surface area (Å²) in [5.41, 5.74) is 1.14. The van der Waals surface area contributed by atoms with Crippen molar-refractivity contribution >= 4 is 37.9 Å². The Morgan fingerprint density at radius 2 is 1.83 bits per heavy atom. The van der Waals surface area contributed by atoms with Crippen LogP contribution in [0.5, 0.6) is 0 Å². The van der Waals surface area contributed by atoms with Crippen LogP contribution in [0.25, 0.3) is 4.96 Å². The highest BCUT2D eigenvalue weighted by molar-refractivity contribution is 7.89. The Morgan fingerprint density at radius 1 is 1.17 bits per heavy atom. The summed E-state index contributed by atoms with van der Waals surface area (Å²) in [5.74, 6) is -0.514. The molecule has 11 heteroatoms. The Labute approximate surface area is 177 Å². The van der Waals surface area contributed by atoms with Crippen LogP contribution in [0.1, 0.15) is 21.7 Å². The lowest BCUT2D eigenvalue weighted by atomic mass is 10.2. The van der Waals surface area contributed by atoms with Gasteiger partial charge in [-0.25, -0.2) is 13.4 Å². The van der Waals surface area contributed by atoms with Crippen molar-refractivity contribution in [1.29, 1.82) is 0 Å². The molecule has 158 valence electrons. The van der Waals surface area contributed by atoms with Crippen LogP contribution in [-0.4, -0.2) is 54.3 Å². The summed E-state index contributed by atoms with van der Waals surface area (Å²) in [6.45, 7) is 4.76. The molecule has 3 heterocycles. The summed E-state index contributed by atoms with van der Waals surface area (Å²) in [6, 6.07) is 5.64. The average molecular weight is 449 g/mol. The third-order valence-corrected chi connectivity index (χ3v) is 7.74. The van der Waals surface area contributed by atoms with E-state index in [0.717, 1.165) is 5.69 Å². The number of aromatic nitrogens is 2. The van der Waals surface area contributed by atoms with E-state index in [1.807, 2.05) is 5.38 Å². The first-order chi connectivity index (χ1) is 14.3. The summed E-state index contributed by atoms with van der Waals surface area (Å²) in [7, 11) is -3.64. The van der Waals surface area contributed by atoms with Crippen LogP contribution in [0, 0.1) is 13.8 Å². The number of hydrogen-bond acceptors (Lipinski definition) is 7. The zero-order valence-corrected chi connectivity index (χ0v) is 18.0. The standard InChI is InChI=1S/C19H20N4O5S2/c1-12-11-29-19-20-13(2)16(18(25)23(12)19)21-17(24)14-3-5-15(6-4-14)30(26,27)22-7-9-28-10-8-22/h3-6,11H,7-10H2,1-2H3,(H,21,24). The van der Waals surface area contributed by atoms with Crippen LogP contribution in [-0.2, 0) is 14.8 Å². The number of aryl methyl sites for hydroxylation is 2. The van der Waals surface area contributed by atoms with Gasteiger partial charge in [0.2, 0.25) is 10.0 Å². The molecule has 1 amide bonds. The van der Waals surface area contributed by atoms with E-state index in [-0.39, 0.29) is 21.7 Å². The van der Waals surface area contributed by atoms with Crippen molar-refractivity contribution in [1.82, 2.24) is 13.7 Å². The van der Waals surface area contributed by atoms with Gasteiger partial charge < -0.3 is 10.1 Å². The predicted octanol–water partition coefficient (Wildman–Crippen LogP) is 1.65. The van der Waals surface area contributed by atoms with Crippen molar-refractivity contribution in [3.63, 3.8) is 0 Å². The molecule has 0 aliphatic carbocycles. The Balaban J connectivity index is 1.58. The second-order valence-corrected chi connectivity index (χ2v) is 9.64. The van der Waals surface area contributed by atoms with Crippen LogP contribution in [0.3, 0.4) is 0 Å². The fraction of sp³-hybridized carbons (Fsp3) is 0.316. The molecule has 4 rings (SSSR count). The van der Waals surface area contributed by atoms with Crippen molar-refractivity contribution in [3.05, 3.63) is 57.0 Å². The lowest BCUT2D eigenvalue weighted by molar-refractivity contribution is 0.0730. The van der Waals surface area contributed by atoms with Crippen LogP contribution < -0.4 is 10.9 Å². The zero-order chi connectivity index (χ0) is 21.5. The van der Waals surface area contributed by atoms with Gasteiger partial charge in [0.15, 0.2) is 4.96 Å². The van der Waals surface area contributed by atoms with Gasteiger partial charge in [-0.15, -0.1) is 11.3 Å². The lowest BCUT2D eigenvalue weighted by Gasteiger charge is -2.26. The molecule has 0 saturated carbocycles. The molecule has 30 heavy (non-hydrogen) atoms. The topological polar surface area (TPSA) is 110 Å². The highest BCUT2D eigenvalue weighted by atomic mass is 32.2. The number of carbonyl (C=O) groups is 1. The van der Waals surface area contributed by atoms with Crippen LogP contribution >= 0.6 is 11.3 Å². The Hall–Kier alpha value is -2.60. The highest BCUT2D eigenvalue weighted by Crippen LogP contribution is 2.19. The number of rotatable bonds is 4. The van der Waals surface area contributed by atoms with Crippen molar-refractivity contribution < 1.29 is 17.9 Å². The molecule has 1 saturated heterocycles. The van der Waals surface area contributed by atoms with Crippen molar-refractivity contribution in [3.8, 4) is 0 Å². The molecule has 0 unspecified atom stereocenters. The number of morpholine rings is 1. The molecule has 1 aliphatic rings. The summed E-state index contributed by atoms with van der Waals surface area (Å²) in [5, 5.41) is 4.44. The maximum absolute atomic E-state index is 12.8. The van der Waals surface area contributed by atoms with E-state index in [0.29, 0.717) is 37.0 Å². The van der Waals surface area contributed by atoms with E-state index in [4.69, 9.17) is 4.74 Å². The van der Waals surface area contributed by atoms with Gasteiger partial charge in [0.05, 0.1) is 23.8 Å². The second kappa shape index (κ2) is 7.91. The number of hydrogen-bond donors (Lipinski definition) is 1. The maximum Gasteiger partial charge on any atom is 0.282 e. The van der Waals surface area contributed by atoms with Crippen LogP contribution in [0.4, 0.5) is 5.69 Å². The highest BCUT2D eigenvalue weighted by Gasteiger charge is 2.26. The fourth-order valence-corrected chi connectivity index (χ4v) is 5.54. The summed E-state index contributed by atoms with van der Waals surface area (Å²) in [6.07, 6.45) is 0. The molecular formula is C19H20N4O5S2. The van der Waals surface area contributed by atoms with E-state index in [9.17, 15) is 18.0 Å². The number of benzene rings is 1. The molecular weight excluding hydrogens is 428 g/mol. The Bertz CT molecular complexity index is 1270. The molecule has 1 fully saturated rings. The molecule has 0 atom stereocenters. The van der Waals surface area contributed by atoms with Gasteiger partial charge in [0.1, 0.15) is 5.69 Å². The van der Waals surface area contributed by atoms with Gasteiger partial charge in [-0.2, -0.15) is 4.31 Å². The third-order valence-electron chi connectivity index (χ3n) is 4.88. The number of anilines is 1. The first-order valence-electron chi connectivity index (χ1n) is 9.26. The third kappa shape index (κ3) is 3.65. The summed E-state index contributed by atoms with van der Waals surface area (Å²) in [4.78, 5) is 30.5. The number of carbonyl (C=O) groups excluding carboxylic acids is 1. The van der Waals surface area contributed by atoms with Gasteiger partial charge in [0, 0.05) is 29.7 Å². The minimum absolute atomic E-state index is 0.101. The molecule has 1 aromatic carbocycles. The molecule has 3 aromatic rings. The van der Waals surface area contributed by atoms with E-state index in [1.54, 1.807) is 13.8 Å². The van der Waals surface area contributed by atoms with Gasteiger partial charge in [-0.3, -0.25) is 14.0 Å². The second-order valence-electron chi connectivity index (χ2n) is 6.87. The molecule has 0 radical (unpaired) electrons. The molecule has 0 spiro atoms. The molecule has 9 nitrogen and oxygen atoms in total. The summed E-state index contributed by atoms with van der Waals surface area (Å²) >= 11 is 1.35. The number of amides is 1. The molecule has 1 aliphatic heterocycles. The van der Waals surface area contributed by atoms with Gasteiger partial charge in [-0.1, -0.05) is 0 Å². The number of nitrogens with zero attached hydrogens (tertiary/aromatic N) is 3. The average Bonchev–Trinajstić information content (AvgIpc) is 3.12. The number of thiazole rings is 1. The van der Waals surface area contributed by atoms with Crippen molar-refractivity contribution in [2.45, 2.75) is 18.7 Å². The number of nitrogens with one attached hydrogen (secondary N) is 1. The van der Waals surface area contributed by atoms with Gasteiger partial charge in [-0.05, 0) is 38.1 Å². The molecule has 0 bridgehead atoms. The van der Waals surface area contributed by atoms with E-state index < -0.39 is 15.9 Å². The maximum atomic E-state index is 12.8. The molecule has 2 aromatic heterocycles. The molecule has 1 N–H and O–H groups in total. The number of fused-ring (bicyclic) bond motifs is 1. The van der Waals surface area contributed by atoms with E-state index in [1.165, 1.54) is 44.3 Å². The quantitative estimate of drug-likeness (QED) is 0.650. The normalized spacial score (nSPS) is 15.4. The Kier molecular flexibility index (Phi) is 5.45. The van der Waals surface area contributed by atoms with E-state index in [2.05, 4.69) is 10.3 Å². The Morgan fingerprint density at radius 3 is 2.50 bits per heavy atom. The monoisotopic (exact) mass is 448 g/mol. The predicted molar refractivity (Wildman–Crippen MR) is 113 cm³/mol. The van der Waals surface area contributed by atoms with E-state index >= 15 is 0 Å². The summed E-state index contributed by atoms with van der Waals surface area (Å²) < 4.78 is 33.4. The fourth-order valence-electron chi connectivity index (χ4n) is 3.23. The van der Waals surface area contributed by atoms with Gasteiger partial charge >= 0.3 is 0 Å². The smallest absolute Gasteiger partial charge is 0.282 e. The zero-order valence-electron chi connectivity index (χ0n) is 16.4.